The fourth-order valence-corrected chi connectivity index (χ4v) is 1.65. The largest absolute Gasteiger partial charge is 0.382 e. The van der Waals surface area contributed by atoms with Gasteiger partial charge in [-0.05, 0) is 39.2 Å². The maximum Gasteiger partial charge on any atom is 0.0671 e. The molecule has 0 aromatic heterocycles. The molecule has 1 saturated carbocycles. The Morgan fingerprint density at radius 3 is 2.81 bits per heavy atom. The Labute approximate surface area is 99.9 Å². The van der Waals surface area contributed by atoms with Crippen molar-refractivity contribution in [1.29, 1.82) is 0 Å². The molecular formula is C13H27NO2. The molecule has 1 unspecified atom stereocenters. The molecule has 1 atom stereocenters. The second-order valence-electron chi connectivity index (χ2n) is 4.67. The van der Waals surface area contributed by atoms with E-state index in [1.54, 1.807) is 0 Å². The summed E-state index contributed by atoms with van der Waals surface area (Å²) in [5.74, 6) is 0.978. The zero-order valence-electron chi connectivity index (χ0n) is 10.8. The number of ether oxygens (including phenoxy) is 2. The highest BCUT2D eigenvalue weighted by Gasteiger charge is 2.20. The molecule has 0 bridgehead atoms. The van der Waals surface area contributed by atoms with Crippen LogP contribution in [-0.4, -0.2) is 39.0 Å². The zero-order chi connectivity index (χ0) is 11.6. The molecule has 0 heterocycles. The van der Waals surface area contributed by atoms with E-state index in [1.165, 1.54) is 19.3 Å². The summed E-state index contributed by atoms with van der Waals surface area (Å²) in [5.41, 5.74) is 0. The van der Waals surface area contributed by atoms with Crippen LogP contribution in [0, 0.1) is 5.92 Å². The van der Waals surface area contributed by atoms with Gasteiger partial charge in [0, 0.05) is 26.4 Å². The van der Waals surface area contributed by atoms with Crippen LogP contribution < -0.4 is 5.32 Å². The van der Waals surface area contributed by atoms with Crippen molar-refractivity contribution in [3.8, 4) is 0 Å². The first kappa shape index (κ1) is 13.9. The van der Waals surface area contributed by atoms with Crippen LogP contribution in [0.2, 0.25) is 0 Å². The Morgan fingerprint density at radius 2 is 2.12 bits per heavy atom. The van der Waals surface area contributed by atoms with E-state index in [9.17, 15) is 0 Å². The summed E-state index contributed by atoms with van der Waals surface area (Å²) in [6.45, 7) is 8.77. The Balaban J connectivity index is 1.76. The Kier molecular flexibility index (Phi) is 7.81. The van der Waals surface area contributed by atoms with Gasteiger partial charge in [-0.2, -0.15) is 0 Å². The molecule has 0 aromatic rings. The van der Waals surface area contributed by atoms with Crippen molar-refractivity contribution in [3.05, 3.63) is 0 Å². The summed E-state index contributed by atoms with van der Waals surface area (Å²) < 4.78 is 11.0. The molecule has 0 aromatic carbocycles. The average Bonchev–Trinajstić information content (AvgIpc) is 3.07. The third-order valence-electron chi connectivity index (χ3n) is 2.90. The summed E-state index contributed by atoms with van der Waals surface area (Å²) in [7, 11) is 0. The fourth-order valence-electron chi connectivity index (χ4n) is 1.65. The SMILES string of the molecule is CCOCCCNCC(C)OCCC1CC1. The molecule has 1 rings (SSSR count). The van der Waals surface area contributed by atoms with E-state index in [2.05, 4.69) is 12.2 Å². The van der Waals surface area contributed by atoms with Crippen LogP contribution in [0.3, 0.4) is 0 Å². The molecule has 16 heavy (non-hydrogen) atoms. The van der Waals surface area contributed by atoms with Crippen LogP contribution in [-0.2, 0) is 9.47 Å². The first-order valence-electron chi connectivity index (χ1n) is 6.73. The predicted molar refractivity (Wildman–Crippen MR) is 66.7 cm³/mol. The molecule has 96 valence electrons. The van der Waals surface area contributed by atoms with Crippen LogP contribution in [0.5, 0.6) is 0 Å². The van der Waals surface area contributed by atoms with Gasteiger partial charge in [-0.15, -0.1) is 0 Å². The van der Waals surface area contributed by atoms with Gasteiger partial charge in [-0.3, -0.25) is 0 Å². The van der Waals surface area contributed by atoms with Crippen molar-refractivity contribution in [2.45, 2.75) is 45.6 Å². The monoisotopic (exact) mass is 229 g/mol. The van der Waals surface area contributed by atoms with E-state index in [-0.39, 0.29) is 0 Å². The van der Waals surface area contributed by atoms with Crippen molar-refractivity contribution in [3.63, 3.8) is 0 Å². The minimum Gasteiger partial charge on any atom is -0.382 e. The second-order valence-corrected chi connectivity index (χ2v) is 4.67. The van der Waals surface area contributed by atoms with Gasteiger partial charge in [-0.1, -0.05) is 12.8 Å². The quantitative estimate of drug-likeness (QED) is 0.551. The van der Waals surface area contributed by atoms with Gasteiger partial charge >= 0.3 is 0 Å². The van der Waals surface area contributed by atoms with Crippen molar-refractivity contribution >= 4 is 0 Å². The first-order chi connectivity index (χ1) is 7.83. The van der Waals surface area contributed by atoms with Gasteiger partial charge < -0.3 is 14.8 Å². The molecule has 1 aliphatic rings. The van der Waals surface area contributed by atoms with Crippen molar-refractivity contribution in [1.82, 2.24) is 5.32 Å². The summed E-state index contributed by atoms with van der Waals surface area (Å²) in [5, 5.41) is 3.39. The van der Waals surface area contributed by atoms with Gasteiger partial charge in [0.1, 0.15) is 0 Å². The summed E-state index contributed by atoms with van der Waals surface area (Å²) in [6, 6.07) is 0. The molecule has 0 radical (unpaired) electrons. The summed E-state index contributed by atoms with van der Waals surface area (Å²) in [4.78, 5) is 0. The molecule has 0 aliphatic heterocycles. The van der Waals surface area contributed by atoms with Crippen LogP contribution in [0.25, 0.3) is 0 Å². The van der Waals surface area contributed by atoms with E-state index < -0.39 is 0 Å². The molecule has 3 heteroatoms. The highest BCUT2D eigenvalue weighted by Crippen LogP contribution is 2.32. The van der Waals surface area contributed by atoms with Gasteiger partial charge in [0.15, 0.2) is 0 Å². The van der Waals surface area contributed by atoms with Crippen molar-refractivity contribution in [2.24, 2.45) is 5.92 Å². The second kappa shape index (κ2) is 8.97. The lowest BCUT2D eigenvalue weighted by Crippen LogP contribution is -2.28. The van der Waals surface area contributed by atoms with Gasteiger partial charge in [-0.25, -0.2) is 0 Å². The Morgan fingerprint density at radius 1 is 1.31 bits per heavy atom. The molecule has 0 amide bonds. The maximum absolute atomic E-state index is 5.73. The lowest BCUT2D eigenvalue weighted by Gasteiger charge is -2.13. The van der Waals surface area contributed by atoms with Gasteiger partial charge in [0.25, 0.3) is 0 Å². The van der Waals surface area contributed by atoms with Crippen molar-refractivity contribution in [2.75, 3.05) is 32.9 Å². The average molecular weight is 229 g/mol. The smallest absolute Gasteiger partial charge is 0.0671 e. The molecule has 0 saturated heterocycles. The molecule has 1 aliphatic carbocycles. The van der Waals surface area contributed by atoms with Crippen LogP contribution in [0.15, 0.2) is 0 Å². The highest BCUT2D eigenvalue weighted by atomic mass is 16.5. The van der Waals surface area contributed by atoms with Gasteiger partial charge in [0.05, 0.1) is 6.10 Å². The van der Waals surface area contributed by atoms with Crippen LogP contribution in [0.1, 0.15) is 39.5 Å². The van der Waals surface area contributed by atoms with Crippen molar-refractivity contribution < 1.29 is 9.47 Å². The zero-order valence-corrected chi connectivity index (χ0v) is 10.8. The first-order valence-corrected chi connectivity index (χ1v) is 6.73. The molecule has 0 spiro atoms. The minimum atomic E-state index is 0.339. The standard InChI is InChI=1S/C13H27NO2/c1-3-15-9-4-8-14-11-12(2)16-10-7-13-5-6-13/h12-14H,3-11H2,1-2H3. The lowest BCUT2D eigenvalue weighted by atomic mass is 10.3. The van der Waals surface area contributed by atoms with Crippen LogP contribution in [0.4, 0.5) is 0 Å². The number of hydrogen-bond donors (Lipinski definition) is 1. The third kappa shape index (κ3) is 8.08. The van der Waals surface area contributed by atoms with Crippen LogP contribution >= 0.6 is 0 Å². The van der Waals surface area contributed by atoms with E-state index in [4.69, 9.17) is 9.47 Å². The normalized spacial score (nSPS) is 17.6. The molecular weight excluding hydrogens is 202 g/mol. The maximum atomic E-state index is 5.73. The van der Waals surface area contributed by atoms with E-state index in [1.807, 2.05) is 6.92 Å². The number of nitrogens with one attached hydrogen (secondary N) is 1. The Hall–Kier alpha value is -0.120. The highest BCUT2D eigenvalue weighted by molar-refractivity contribution is 4.72. The Bertz CT molecular complexity index is 160. The topological polar surface area (TPSA) is 30.5 Å². The predicted octanol–water partition coefficient (Wildman–Crippen LogP) is 2.21. The van der Waals surface area contributed by atoms with Gasteiger partial charge in [0.2, 0.25) is 0 Å². The number of hydrogen-bond acceptors (Lipinski definition) is 3. The minimum absolute atomic E-state index is 0.339. The molecule has 1 fully saturated rings. The van der Waals surface area contributed by atoms with E-state index >= 15 is 0 Å². The lowest BCUT2D eigenvalue weighted by molar-refractivity contribution is 0.0611. The molecule has 3 nitrogen and oxygen atoms in total. The van der Waals surface area contributed by atoms with E-state index in [0.29, 0.717) is 6.10 Å². The number of rotatable bonds is 11. The summed E-state index contributed by atoms with van der Waals surface area (Å²) >= 11 is 0. The summed E-state index contributed by atoms with van der Waals surface area (Å²) in [6.07, 6.45) is 5.53. The third-order valence-corrected chi connectivity index (χ3v) is 2.90. The fraction of sp³-hybridized carbons (Fsp3) is 1.00. The molecule has 1 N–H and O–H groups in total. The van der Waals surface area contributed by atoms with E-state index in [0.717, 1.165) is 45.2 Å².